The Morgan fingerprint density at radius 2 is 2.13 bits per heavy atom. The maximum Gasteiger partial charge on any atom is 0.410 e. The van der Waals surface area contributed by atoms with Crippen LogP contribution in [0.3, 0.4) is 0 Å². The number of hydrogen-bond acceptors (Lipinski definition) is 4. The molecule has 0 aromatic carbocycles. The molecule has 0 aliphatic carbocycles. The molecule has 1 aromatic heterocycles. The van der Waals surface area contributed by atoms with Gasteiger partial charge in [0, 0.05) is 31.9 Å². The summed E-state index contributed by atoms with van der Waals surface area (Å²) in [6.45, 7) is 14.9. The van der Waals surface area contributed by atoms with Gasteiger partial charge in [-0.25, -0.2) is 9.78 Å². The van der Waals surface area contributed by atoms with Crippen molar-refractivity contribution in [3.05, 3.63) is 18.2 Å². The molecular formula is C17H32N4O2. The Morgan fingerprint density at radius 3 is 2.70 bits per heavy atom. The Hall–Kier alpha value is -1.56. The second-order valence-corrected chi connectivity index (χ2v) is 6.98. The van der Waals surface area contributed by atoms with Crippen molar-refractivity contribution in [2.75, 3.05) is 19.6 Å². The van der Waals surface area contributed by atoms with Crippen LogP contribution in [0.1, 0.15) is 59.7 Å². The van der Waals surface area contributed by atoms with E-state index in [9.17, 15) is 4.79 Å². The van der Waals surface area contributed by atoms with Crippen molar-refractivity contribution >= 4 is 6.09 Å². The first-order valence-corrected chi connectivity index (χ1v) is 8.44. The molecule has 0 spiro atoms. The van der Waals surface area contributed by atoms with Crippen LogP contribution in [0.15, 0.2) is 12.5 Å². The number of ether oxygens (including phenoxy) is 1. The molecule has 0 radical (unpaired) electrons. The van der Waals surface area contributed by atoms with Crippen molar-refractivity contribution in [1.82, 2.24) is 19.8 Å². The Bertz CT molecular complexity index is 477. The van der Waals surface area contributed by atoms with E-state index in [1.54, 1.807) is 4.90 Å². The number of nitrogens with zero attached hydrogens (tertiary/aromatic N) is 3. The van der Waals surface area contributed by atoms with E-state index in [2.05, 4.69) is 28.7 Å². The van der Waals surface area contributed by atoms with Gasteiger partial charge in [-0.05, 0) is 54.5 Å². The minimum atomic E-state index is -0.446. The number of nitrogens with one attached hydrogen (secondary N) is 1. The van der Waals surface area contributed by atoms with Gasteiger partial charge in [0.1, 0.15) is 5.60 Å². The molecule has 0 saturated carbocycles. The minimum absolute atomic E-state index is 0.238. The van der Waals surface area contributed by atoms with Gasteiger partial charge in [-0.1, -0.05) is 0 Å². The number of amides is 1. The van der Waals surface area contributed by atoms with Crippen LogP contribution >= 0.6 is 0 Å². The molecule has 1 aromatic rings. The average molecular weight is 324 g/mol. The average Bonchev–Trinajstić information content (AvgIpc) is 2.89. The quantitative estimate of drug-likeness (QED) is 0.746. The van der Waals surface area contributed by atoms with E-state index < -0.39 is 5.60 Å². The zero-order valence-corrected chi connectivity index (χ0v) is 15.4. The van der Waals surface area contributed by atoms with Crippen molar-refractivity contribution in [2.45, 2.75) is 66.2 Å². The van der Waals surface area contributed by atoms with E-state index in [1.807, 2.05) is 40.2 Å². The van der Waals surface area contributed by atoms with E-state index >= 15 is 0 Å². The smallest absolute Gasteiger partial charge is 0.410 e. The lowest BCUT2D eigenvalue weighted by Crippen LogP contribution is -2.38. The van der Waals surface area contributed by atoms with Crippen LogP contribution in [-0.4, -0.2) is 45.8 Å². The van der Waals surface area contributed by atoms with Crippen LogP contribution < -0.4 is 5.32 Å². The topological polar surface area (TPSA) is 59.4 Å². The van der Waals surface area contributed by atoms with E-state index in [-0.39, 0.29) is 6.09 Å². The number of hydrogen-bond donors (Lipinski definition) is 1. The minimum Gasteiger partial charge on any atom is -0.444 e. The summed E-state index contributed by atoms with van der Waals surface area (Å²) in [6, 6.07) is 0.414. The van der Waals surface area contributed by atoms with Gasteiger partial charge in [0.15, 0.2) is 0 Å². The van der Waals surface area contributed by atoms with Crippen LogP contribution in [0.4, 0.5) is 4.79 Å². The molecule has 6 nitrogen and oxygen atoms in total. The maximum absolute atomic E-state index is 12.0. The summed E-state index contributed by atoms with van der Waals surface area (Å²) in [5.41, 5.74) is 0.734. The standard InChI is InChI=1S/C17H32N4O2/c1-7-20(16(22)23-17(4,5)6)10-8-9-18-11-15-12-19-13-21(15)14(2)3/h12-14,18H,7-11H2,1-6H3. The fourth-order valence-electron chi connectivity index (χ4n) is 2.25. The van der Waals surface area contributed by atoms with Crippen molar-refractivity contribution in [1.29, 1.82) is 0 Å². The summed E-state index contributed by atoms with van der Waals surface area (Å²) < 4.78 is 7.56. The van der Waals surface area contributed by atoms with Crippen LogP contribution in [0.25, 0.3) is 0 Å². The van der Waals surface area contributed by atoms with Gasteiger partial charge in [-0.3, -0.25) is 0 Å². The predicted octanol–water partition coefficient (Wildman–Crippen LogP) is 3.20. The third kappa shape index (κ3) is 7.03. The Balaban J connectivity index is 2.30. The van der Waals surface area contributed by atoms with Crippen molar-refractivity contribution in [3.63, 3.8) is 0 Å². The Morgan fingerprint density at radius 1 is 1.43 bits per heavy atom. The van der Waals surface area contributed by atoms with Gasteiger partial charge in [0.25, 0.3) is 0 Å². The predicted molar refractivity (Wildman–Crippen MR) is 92.4 cm³/mol. The normalized spacial score (nSPS) is 11.8. The largest absolute Gasteiger partial charge is 0.444 e. The molecule has 1 amide bonds. The molecule has 1 N–H and O–H groups in total. The van der Waals surface area contributed by atoms with Gasteiger partial charge in [-0.15, -0.1) is 0 Å². The highest BCUT2D eigenvalue weighted by Crippen LogP contribution is 2.10. The summed E-state index contributed by atoms with van der Waals surface area (Å²) in [5, 5.41) is 3.41. The highest BCUT2D eigenvalue weighted by Gasteiger charge is 2.20. The van der Waals surface area contributed by atoms with Gasteiger partial charge in [0.05, 0.1) is 12.0 Å². The van der Waals surface area contributed by atoms with E-state index in [4.69, 9.17) is 4.74 Å². The van der Waals surface area contributed by atoms with Crippen LogP contribution in [0.5, 0.6) is 0 Å². The molecule has 6 heteroatoms. The van der Waals surface area contributed by atoms with Crippen molar-refractivity contribution in [2.24, 2.45) is 0 Å². The van der Waals surface area contributed by atoms with Crippen molar-refractivity contribution < 1.29 is 9.53 Å². The lowest BCUT2D eigenvalue weighted by atomic mass is 10.2. The third-order valence-corrected chi connectivity index (χ3v) is 3.42. The number of rotatable bonds is 8. The molecule has 132 valence electrons. The van der Waals surface area contributed by atoms with Crippen LogP contribution in [0.2, 0.25) is 0 Å². The summed E-state index contributed by atoms with van der Waals surface area (Å²) in [4.78, 5) is 18.0. The second-order valence-electron chi connectivity index (χ2n) is 6.98. The van der Waals surface area contributed by atoms with Gasteiger partial charge in [-0.2, -0.15) is 0 Å². The molecule has 0 atom stereocenters. The molecule has 0 unspecified atom stereocenters. The first-order valence-electron chi connectivity index (χ1n) is 8.44. The summed E-state index contributed by atoms with van der Waals surface area (Å²) >= 11 is 0. The Kier molecular flexibility index (Phi) is 7.55. The van der Waals surface area contributed by atoms with E-state index in [0.29, 0.717) is 19.1 Å². The highest BCUT2D eigenvalue weighted by molar-refractivity contribution is 5.68. The number of carbonyl (C=O) groups excluding carboxylic acids is 1. The molecule has 1 rings (SSSR count). The summed E-state index contributed by atoms with van der Waals surface area (Å²) in [6.07, 6.45) is 4.41. The van der Waals surface area contributed by atoms with E-state index in [1.165, 1.54) is 5.69 Å². The molecular weight excluding hydrogens is 292 g/mol. The monoisotopic (exact) mass is 324 g/mol. The van der Waals surface area contributed by atoms with E-state index in [0.717, 1.165) is 19.5 Å². The molecule has 0 aliphatic rings. The van der Waals surface area contributed by atoms with Crippen LogP contribution in [-0.2, 0) is 11.3 Å². The number of imidazole rings is 1. The summed E-state index contributed by atoms with van der Waals surface area (Å²) in [7, 11) is 0. The lowest BCUT2D eigenvalue weighted by molar-refractivity contribution is 0.0258. The molecule has 0 aliphatic heterocycles. The third-order valence-electron chi connectivity index (χ3n) is 3.42. The molecule has 0 bridgehead atoms. The maximum atomic E-state index is 12.0. The molecule has 1 heterocycles. The summed E-state index contributed by atoms with van der Waals surface area (Å²) in [5.74, 6) is 0. The first kappa shape index (κ1) is 19.5. The fourth-order valence-corrected chi connectivity index (χ4v) is 2.25. The highest BCUT2D eigenvalue weighted by atomic mass is 16.6. The van der Waals surface area contributed by atoms with Gasteiger partial charge >= 0.3 is 6.09 Å². The zero-order valence-electron chi connectivity index (χ0n) is 15.4. The van der Waals surface area contributed by atoms with Crippen molar-refractivity contribution in [3.8, 4) is 0 Å². The zero-order chi connectivity index (χ0) is 17.5. The molecule has 23 heavy (non-hydrogen) atoms. The lowest BCUT2D eigenvalue weighted by Gasteiger charge is -2.26. The fraction of sp³-hybridized carbons (Fsp3) is 0.765. The number of aromatic nitrogens is 2. The first-order chi connectivity index (χ1) is 10.7. The SMILES string of the molecule is CCN(CCCNCc1cncn1C(C)C)C(=O)OC(C)(C)C. The van der Waals surface area contributed by atoms with Gasteiger partial charge < -0.3 is 19.5 Å². The van der Waals surface area contributed by atoms with Crippen LogP contribution in [0, 0.1) is 0 Å². The second kappa shape index (κ2) is 8.91. The Labute approximate surface area is 140 Å². The van der Waals surface area contributed by atoms with Gasteiger partial charge in [0.2, 0.25) is 0 Å². The molecule has 0 fully saturated rings. The number of carbonyl (C=O) groups is 1. The molecule has 0 saturated heterocycles.